The van der Waals surface area contributed by atoms with Crippen LogP contribution in [0.3, 0.4) is 0 Å². The van der Waals surface area contributed by atoms with Gasteiger partial charge in [0.25, 0.3) is 0 Å². The second-order valence-corrected chi connectivity index (χ2v) is 10.1. The molecule has 0 aromatic heterocycles. The Balaban J connectivity index is 1.59. The standard InChI is InChI=1S/C23H34N2O4S/c1-3-29-22-12-11-21(16-18(22)2)30(27,28)25-15-7-10-20(17-25)23(26)24-14-13-19-8-5-4-6-9-19/h8,11-12,16,20H,3-7,9-10,13-15,17H2,1-2H3,(H,24,26)/t20-/m1/s1. The minimum atomic E-state index is -3.63. The van der Waals surface area contributed by atoms with Gasteiger partial charge in [0.1, 0.15) is 5.75 Å². The first-order chi connectivity index (χ1) is 14.4. The van der Waals surface area contributed by atoms with Crippen LogP contribution in [0.15, 0.2) is 34.7 Å². The molecule has 1 aliphatic carbocycles. The van der Waals surface area contributed by atoms with E-state index < -0.39 is 10.0 Å². The summed E-state index contributed by atoms with van der Waals surface area (Å²) in [7, 11) is -3.63. The Labute approximate surface area is 180 Å². The number of aryl methyl sites for hydroxylation is 1. The zero-order chi connectivity index (χ0) is 21.6. The molecule has 1 atom stereocenters. The summed E-state index contributed by atoms with van der Waals surface area (Å²) in [4.78, 5) is 12.9. The van der Waals surface area contributed by atoms with Gasteiger partial charge in [-0.05, 0) is 82.6 Å². The molecule has 7 heteroatoms. The summed E-state index contributed by atoms with van der Waals surface area (Å²) in [6.07, 6.45) is 9.38. The molecule has 6 nitrogen and oxygen atoms in total. The average molecular weight is 435 g/mol. The molecule has 1 N–H and O–H groups in total. The number of benzene rings is 1. The lowest BCUT2D eigenvalue weighted by Gasteiger charge is -2.31. The minimum Gasteiger partial charge on any atom is -0.494 e. The highest BCUT2D eigenvalue weighted by Crippen LogP contribution is 2.27. The van der Waals surface area contributed by atoms with Crippen molar-refractivity contribution in [2.75, 3.05) is 26.2 Å². The van der Waals surface area contributed by atoms with Crippen molar-refractivity contribution < 1.29 is 17.9 Å². The van der Waals surface area contributed by atoms with Crippen LogP contribution in [0.1, 0.15) is 57.4 Å². The summed E-state index contributed by atoms with van der Waals surface area (Å²) >= 11 is 0. The van der Waals surface area contributed by atoms with E-state index in [1.807, 2.05) is 13.8 Å². The fourth-order valence-electron chi connectivity index (χ4n) is 4.25. The first-order valence-corrected chi connectivity index (χ1v) is 12.5. The molecule has 1 amide bonds. The minimum absolute atomic E-state index is 0.0332. The van der Waals surface area contributed by atoms with Crippen molar-refractivity contribution in [3.8, 4) is 5.75 Å². The highest BCUT2D eigenvalue weighted by atomic mass is 32.2. The zero-order valence-electron chi connectivity index (χ0n) is 18.2. The van der Waals surface area contributed by atoms with Crippen LogP contribution in [0.2, 0.25) is 0 Å². The number of carbonyl (C=O) groups excluding carboxylic acids is 1. The van der Waals surface area contributed by atoms with Crippen molar-refractivity contribution in [2.45, 2.75) is 63.7 Å². The van der Waals surface area contributed by atoms with E-state index in [0.717, 1.165) is 31.2 Å². The molecule has 1 aromatic carbocycles. The fourth-order valence-corrected chi connectivity index (χ4v) is 5.86. The van der Waals surface area contributed by atoms with Gasteiger partial charge in [-0.3, -0.25) is 4.79 Å². The van der Waals surface area contributed by atoms with Crippen LogP contribution >= 0.6 is 0 Å². The van der Waals surface area contributed by atoms with Crippen LogP contribution in [0.4, 0.5) is 0 Å². The molecule has 0 radical (unpaired) electrons. The van der Waals surface area contributed by atoms with Crippen LogP contribution in [0.25, 0.3) is 0 Å². The van der Waals surface area contributed by atoms with Crippen molar-refractivity contribution in [3.63, 3.8) is 0 Å². The Bertz CT molecular complexity index is 879. The van der Waals surface area contributed by atoms with Crippen LogP contribution in [-0.2, 0) is 14.8 Å². The number of allylic oxidation sites excluding steroid dienone is 1. The lowest BCUT2D eigenvalue weighted by atomic mass is 9.96. The third-order valence-electron chi connectivity index (χ3n) is 5.97. The van der Waals surface area contributed by atoms with Gasteiger partial charge in [0.05, 0.1) is 17.4 Å². The molecule has 1 fully saturated rings. The van der Waals surface area contributed by atoms with Crippen molar-refractivity contribution in [1.29, 1.82) is 0 Å². The number of piperidine rings is 1. The van der Waals surface area contributed by atoms with E-state index in [2.05, 4.69) is 11.4 Å². The lowest BCUT2D eigenvalue weighted by Crippen LogP contribution is -2.45. The molecular formula is C23H34N2O4S. The van der Waals surface area contributed by atoms with Gasteiger partial charge in [0.15, 0.2) is 0 Å². The molecule has 1 aliphatic heterocycles. The SMILES string of the molecule is CCOc1ccc(S(=O)(=O)N2CCC[C@@H](C(=O)NCCC3=CCCCC3)C2)cc1C. The number of hydrogen-bond acceptors (Lipinski definition) is 4. The third kappa shape index (κ3) is 5.64. The number of amides is 1. The number of hydrogen-bond donors (Lipinski definition) is 1. The molecule has 0 bridgehead atoms. The van der Waals surface area contributed by atoms with Gasteiger partial charge in [-0.15, -0.1) is 0 Å². The van der Waals surface area contributed by atoms with Crippen molar-refractivity contribution in [2.24, 2.45) is 5.92 Å². The van der Waals surface area contributed by atoms with Crippen molar-refractivity contribution in [3.05, 3.63) is 35.4 Å². The number of nitrogens with one attached hydrogen (secondary N) is 1. The van der Waals surface area contributed by atoms with Crippen LogP contribution < -0.4 is 10.1 Å². The van der Waals surface area contributed by atoms with E-state index in [1.54, 1.807) is 18.2 Å². The third-order valence-corrected chi connectivity index (χ3v) is 7.83. The van der Waals surface area contributed by atoms with Gasteiger partial charge in [-0.25, -0.2) is 8.42 Å². The highest BCUT2D eigenvalue weighted by molar-refractivity contribution is 7.89. The molecule has 0 saturated carbocycles. The molecule has 30 heavy (non-hydrogen) atoms. The van der Waals surface area contributed by atoms with Crippen LogP contribution in [0, 0.1) is 12.8 Å². The molecule has 0 unspecified atom stereocenters. The molecule has 1 aromatic rings. The molecular weight excluding hydrogens is 400 g/mol. The van der Waals surface area contributed by atoms with Gasteiger partial charge >= 0.3 is 0 Å². The zero-order valence-corrected chi connectivity index (χ0v) is 19.0. The maximum atomic E-state index is 13.1. The van der Waals surface area contributed by atoms with Crippen LogP contribution in [-0.4, -0.2) is 44.9 Å². The molecule has 0 spiro atoms. The van der Waals surface area contributed by atoms with Gasteiger partial charge in [0, 0.05) is 19.6 Å². The summed E-state index contributed by atoms with van der Waals surface area (Å²) in [5, 5.41) is 3.02. The van der Waals surface area contributed by atoms with E-state index >= 15 is 0 Å². The molecule has 166 valence electrons. The first-order valence-electron chi connectivity index (χ1n) is 11.1. The van der Waals surface area contributed by atoms with Gasteiger partial charge in [-0.2, -0.15) is 4.31 Å². The smallest absolute Gasteiger partial charge is 0.243 e. The summed E-state index contributed by atoms with van der Waals surface area (Å²) in [6.45, 7) is 5.60. The lowest BCUT2D eigenvalue weighted by molar-refractivity contribution is -0.126. The van der Waals surface area contributed by atoms with Crippen molar-refractivity contribution in [1.82, 2.24) is 9.62 Å². The molecule has 2 aliphatic rings. The summed E-state index contributed by atoms with van der Waals surface area (Å²) in [5.74, 6) is 0.368. The average Bonchev–Trinajstić information content (AvgIpc) is 2.76. The second kappa shape index (κ2) is 10.4. The van der Waals surface area contributed by atoms with Crippen LogP contribution in [0.5, 0.6) is 5.75 Å². The highest BCUT2D eigenvalue weighted by Gasteiger charge is 2.33. The predicted octanol–water partition coefficient (Wildman–Crippen LogP) is 3.80. The maximum Gasteiger partial charge on any atom is 0.243 e. The Kier molecular flexibility index (Phi) is 7.94. The van der Waals surface area contributed by atoms with Gasteiger partial charge in [-0.1, -0.05) is 11.6 Å². The van der Waals surface area contributed by atoms with Gasteiger partial charge < -0.3 is 10.1 Å². The second-order valence-electron chi connectivity index (χ2n) is 8.21. The number of carbonyl (C=O) groups is 1. The largest absolute Gasteiger partial charge is 0.494 e. The van der Waals surface area contributed by atoms with E-state index in [-0.39, 0.29) is 23.3 Å². The molecule has 1 heterocycles. The number of sulfonamides is 1. The number of nitrogens with zero attached hydrogens (tertiary/aromatic N) is 1. The Hall–Kier alpha value is -1.86. The van der Waals surface area contributed by atoms with Crippen molar-refractivity contribution >= 4 is 15.9 Å². The molecule has 1 saturated heterocycles. The quantitative estimate of drug-likeness (QED) is 0.632. The van der Waals surface area contributed by atoms with E-state index in [0.29, 0.717) is 31.9 Å². The summed E-state index contributed by atoms with van der Waals surface area (Å²) in [5.41, 5.74) is 2.22. The predicted molar refractivity (Wildman–Crippen MR) is 118 cm³/mol. The molecule has 3 rings (SSSR count). The number of rotatable bonds is 8. The summed E-state index contributed by atoms with van der Waals surface area (Å²) in [6, 6.07) is 4.95. The van der Waals surface area contributed by atoms with Gasteiger partial charge in [0.2, 0.25) is 15.9 Å². The maximum absolute atomic E-state index is 13.1. The first kappa shape index (κ1) is 22.8. The van der Waals surface area contributed by atoms with E-state index in [4.69, 9.17) is 4.74 Å². The Morgan fingerprint density at radius 2 is 2.10 bits per heavy atom. The topological polar surface area (TPSA) is 75.7 Å². The van der Waals surface area contributed by atoms with E-state index in [1.165, 1.54) is 22.7 Å². The monoisotopic (exact) mass is 434 g/mol. The Morgan fingerprint density at radius 3 is 2.80 bits per heavy atom. The van der Waals surface area contributed by atoms with E-state index in [9.17, 15) is 13.2 Å². The normalized spacial score (nSPS) is 20.5. The Morgan fingerprint density at radius 1 is 1.27 bits per heavy atom. The summed E-state index contributed by atoms with van der Waals surface area (Å²) < 4.78 is 33.3. The number of ether oxygens (including phenoxy) is 1. The fraction of sp³-hybridized carbons (Fsp3) is 0.609.